The maximum absolute atomic E-state index is 12.8. The van der Waals surface area contributed by atoms with Gasteiger partial charge in [-0.05, 0) is 25.3 Å². The van der Waals surface area contributed by atoms with Crippen LogP contribution in [0.1, 0.15) is 32.1 Å². The van der Waals surface area contributed by atoms with Gasteiger partial charge in [0.05, 0.1) is 0 Å². The molecule has 0 aromatic rings. The minimum atomic E-state index is -2.44. The van der Waals surface area contributed by atoms with Crippen molar-refractivity contribution >= 4 is 0 Å². The van der Waals surface area contributed by atoms with Crippen LogP contribution in [0.25, 0.3) is 0 Å². The van der Waals surface area contributed by atoms with Gasteiger partial charge in [0.1, 0.15) is 0 Å². The molecule has 1 fully saturated rings. The summed E-state index contributed by atoms with van der Waals surface area (Å²) in [6.45, 7) is 0.412. The Hall–Kier alpha value is -0.180. The second-order valence-corrected chi connectivity index (χ2v) is 3.41. The van der Waals surface area contributed by atoms with Crippen LogP contribution in [0.4, 0.5) is 8.78 Å². The third-order valence-corrected chi connectivity index (χ3v) is 2.33. The number of nitrogens with two attached hydrogens (primary N) is 1. The van der Waals surface area contributed by atoms with Gasteiger partial charge >= 0.3 is 0 Å². The first-order valence-corrected chi connectivity index (χ1v) is 4.22. The van der Waals surface area contributed by atoms with Crippen molar-refractivity contribution in [1.29, 1.82) is 0 Å². The van der Waals surface area contributed by atoms with Crippen molar-refractivity contribution in [3.8, 4) is 0 Å². The third-order valence-electron chi connectivity index (χ3n) is 2.33. The molecule has 1 aliphatic rings. The molecular weight excluding hydrogens is 148 g/mol. The molecule has 0 aromatic carbocycles. The standard InChI is InChI=1S/C8H15F2N/c9-8(10)4-2-1-3-7(5-8)6-11/h7H,1-6,11H2/t7-/m1/s1. The van der Waals surface area contributed by atoms with E-state index in [2.05, 4.69) is 0 Å². The molecular formula is C8H15F2N. The van der Waals surface area contributed by atoms with E-state index in [9.17, 15) is 8.78 Å². The zero-order chi connectivity index (χ0) is 8.32. The smallest absolute Gasteiger partial charge is 0.248 e. The summed E-state index contributed by atoms with van der Waals surface area (Å²) in [5, 5.41) is 0. The maximum atomic E-state index is 12.8. The van der Waals surface area contributed by atoms with Gasteiger partial charge < -0.3 is 5.73 Å². The van der Waals surface area contributed by atoms with E-state index in [0.717, 1.165) is 12.8 Å². The molecule has 0 amide bonds. The third kappa shape index (κ3) is 2.73. The highest BCUT2D eigenvalue weighted by atomic mass is 19.3. The summed E-state index contributed by atoms with van der Waals surface area (Å²) in [5.41, 5.74) is 5.36. The minimum Gasteiger partial charge on any atom is -0.330 e. The van der Waals surface area contributed by atoms with Gasteiger partial charge in [-0.1, -0.05) is 6.42 Å². The highest BCUT2D eigenvalue weighted by Crippen LogP contribution is 2.34. The highest BCUT2D eigenvalue weighted by Gasteiger charge is 2.33. The second kappa shape index (κ2) is 3.48. The first-order valence-electron chi connectivity index (χ1n) is 4.22. The molecule has 0 aliphatic heterocycles. The predicted molar refractivity (Wildman–Crippen MR) is 40.6 cm³/mol. The zero-order valence-corrected chi connectivity index (χ0v) is 6.65. The predicted octanol–water partition coefficient (Wildman–Crippen LogP) is 2.16. The molecule has 0 heterocycles. The summed E-state index contributed by atoms with van der Waals surface area (Å²) < 4.78 is 25.7. The van der Waals surface area contributed by atoms with Crippen LogP contribution in [-0.4, -0.2) is 12.5 Å². The van der Waals surface area contributed by atoms with Gasteiger partial charge in [-0.25, -0.2) is 8.78 Å². The van der Waals surface area contributed by atoms with E-state index in [4.69, 9.17) is 5.73 Å². The van der Waals surface area contributed by atoms with Gasteiger partial charge in [0.25, 0.3) is 0 Å². The Labute approximate surface area is 66.0 Å². The van der Waals surface area contributed by atoms with E-state index in [0.29, 0.717) is 13.0 Å². The molecule has 66 valence electrons. The average molecular weight is 163 g/mol. The average Bonchev–Trinajstić information content (AvgIpc) is 2.10. The fourth-order valence-corrected chi connectivity index (χ4v) is 1.64. The van der Waals surface area contributed by atoms with Crippen LogP contribution in [0, 0.1) is 5.92 Å². The summed E-state index contributed by atoms with van der Waals surface area (Å²) >= 11 is 0. The quantitative estimate of drug-likeness (QED) is 0.589. The zero-order valence-electron chi connectivity index (χ0n) is 6.65. The topological polar surface area (TPSA) is 26.0 Å². The lowest BCUT2D eigenvalue weighted by molar-refractivity contribution is -0.0241. The molecule has 1 nitrogen and oxygen atoms in total. The van der Waals surface area contributed by atoms with Crippen molar-refractivity contribution < 1.29 is 8.78 Å². The summed E-state index contributed by atoms with van der Waals surface area (Å²) in [6.07, 6.45) is 2.51. The van der Waals surface area contributed by atoms with E-state index < -0.39 is 5.92 Å². The summed E-state index contributed by atoms with van der Waals surface area (Å²) in [6, 6.07) is 0. The van der Waals surface area contributed by atoms with Gasteiger partial charge in [0.2, 0.25) is 5.92 Å². The van der Waals surface area contributed by atoms with E-state index in [1.807, 2.05) is 0 Å². The van der Waals surface area contributed by atoms with Crippen molar-refractivity contribution in [2.45, 2.75) is 38.0 Å². The Morgan fingerprint density at radius 2 is 2.09 bits per heavy atom. The van der Waals surface area contributed by atoms with E-state index in [1.54, 1.807) is 0 Å². The summed E-state index contributed by atoms with van der Waals surface area (Å²) in [4.78, 5) is 0. The Kier molecular flexibility index (Phi) is 2.82. The Morgan fingerprint density at radius 3 is 2.73 bits per heavy atom. The van der Waals surface area contributed by atoms with Gasteiger partial charge in [-0.15, -0.1) is 0 Å². The van der Waals surface area contributed by atoms with Gasteiger partial charge in [-0.3, -0.25) is 0 Å². The van der Waals surface area contributed by atoms with E-state index in [1.165, 1.54) is 0 Å². The van der Waals surface area contributed by atoms with Crippen LogP contribution in [0.15, 0.2) is 0 Å². The molecule has 0 bridgehead atoms. The van der Waals surface area contributed by atoms with Crippen LogP contribution >= 0.6 is 0 Å². The molecule has 1 saturated carbocycles. The van der Waals surface area contributed by atoms with E-state index in [-0.39, 0.29) is 18.8 Å². The fourth-order valence-electron chi connectivity index (χ4n) is 1.64. The Bertz CT molecular complexity index is 125. The Balaban J connectivity index is 2.47. The minimum absolute atomic E-state index is 0.00347. The van der Waals surface area contributed by atoms with Gasteiger partial charge in [-0.2, -0.15) is 0 Å². The lowest BCUT2D eigenvalue weighted by Crippen LogP contribution is -2.23. The van der Waals surface area contributed by atoms with Gasteiger partial charge in [0, 0.05) is 12.8 Å². The van der Waals surface area contributed by atoms with Crippen LogP contribution in [0.5, 0.6) is 0 Å². The monoisotopic (exact) mass is 163 g/mol. The number of alkyl halides is 2. The molecule has 1 aliphatic carbocycles. The van der Waals surface area contributed by atoms with Crippen LogP contribution in [0.2, 0.25) is 0 Å². The first kappa shape index (κ1) is 8.91. The van der Waals surface area contributed by atoms with Crippen LogP contribution < -0.4 is 5.73 Å². The first-order chi connectivity index (χ1) is 5.14. The fraction of sp³-hybridized carbons (Fsp3) is 1.00. The number of hydrogen-bond donors (Lipinski definition) is 1. The van der Waals surface area contributed by atoms with Crippen molar-refractivity contribution in [3.63, 3.8) is 0 Å². The maximum Gasteiger partial charge on any atom is 0.248 e. The highest BCUT2D eigenvalue weighted by molar-refractivity contribution is 4.76. The van der Waals surface area contributed by atoms with Crippen molar-refractivity contribution in [2.24, 2.45) is 11.7 Å². The molecule has 2 N–H and O–H groups in total. The number of halogens is 2. The lowest BCUT2D eigenvalue weighted by atomic mass is 9.99. The SMILES string of the molecule is NC[C@@H]1CCCCC(F)(F)C1. The van der Waals surface area contributed by atoms with Crippen molar-refractivity contribution in [1.82, 2.24) is 0 Å². The molecule has 3 heteroatoms. The van der Waals surface area contributed by atoms with Gasteiger partial charge in [0.15, 0.2) is 0 Å². The van der Waals surface area contributed by atoms with Crippen molar-refractivity contribution in [2.75, 3.05) is 6.54 Å². The largest absolute Gasteiger partial charge is 0.330 e. The van der Waals surface area contributed by atoms with Crippen LogP contribution in [-0.2, 0) is 0 Å². The summed E-state index contributed by atoms with van der Waals surface area (Å²) in [5.74, 6) is -2.40. The lowest BCUT2D eigenvalue weighted by Gasteiger charge is -2.17. The molecule has 0 saturated heterocycles. The molecule has 0 spiro atoms. The molecule has 0 radical (unpaired) electrons. The molecule has 0 unspecified atom stereocenters. The molecule has 1 rings (SSSR count). The van der Waals surface area contributed by atoms with E-state index >= 15 is 0 Å². The second-order valence-electron chi connectivity index (χ2n) is 3.41. The molecule has 0 aromatic heterocycles. The normalized spacial score (nSPS) is 31.4. The molecule has 11 heavy (non-hydrogen) atoms. The van der Waals surface area contributed by atoms with Crippen molar-refractivity contribution in [3.05, 3.63) is 0 Å². The Morgan fingerprint density at radius 1 is 1.36 bits per heavy atom. The molecule has 1 atom stereocenters. The number of rotatable bonds is 1. The van der Waals surface area contributed by atoms with Crippen LogP contribution in [0.3, 0.4) is 0 Å². The summed E-state index contributed by atoms with van der Waals surface area (Å²) in [7, 11) is 0. The number of hydrogen-bond acceptors (Lipinski definition) is 1.